The molecule has 1 aromatic carbocycles. The Labute approximate surface area is 165 Å². The van der Waals surface area contributed by atoms with Crippen molar-refractivity contribution in [1.29, 1.82) is 0 Å². The number of carbonyl (C=O) groups excluding carboxylic acids is 3. The quantitative estimate of drug-likeness (QED) is 0.608. The summed E-state index contributed by atoms with van der Waals surface area (Å²) in [5, 5.41) is 12.3. The SMILES string of the molecule is CN(NC(=O)[C@H](CCCO)NC(=O)OC(C)(C)C)C(=O)OCc1ccccc1. The number of aliphatic hydroxyl groups is 1. The van der Waals surface area contributed by atoms with Crippen molar-refractivity contribution in [2.75, 3.05) is 13.7 Å². The number of aliphatic hydroxyl groups excluding tert-OH is 1. The number of benzene rings is 1. The minimum Gasteiger partial charge on any atom is -0.444 e. The molecule has 156 valence electrons. The number of alkyl carbamates (subject to hydrolysis) is 1. The number of hydrazine groups is 1. The minimum atomic E-state index is -0.980. The molecule has 0 bridgehead atoms. The van der Waals surface area contributed by atoms with Gasteiger partial charge in [0.25, 0.3) is 5.91 Å². The predicted molar refractivity (Wildman–Crippen MR) is 102 cm³/mol. The molecule has 1 atom stereocenters. The van der Waals surface area contributed by atoms with Gasteiger partial charge >= 0.3 is 12.2 Å². The van der Waals surface area contributed by atoms with Crippen LogP contribution in [0.1, 0.15) is 39.2 Å². The first-order valence-corrected chi connectivity index (χ1v) is 8.97. The van der Waals surface area contributed by atoms with Gasteiger partial charge in [-0.15, -0.1) is 0 Å². The Morgan fingerprint density at radius 1 is 1.18 bits per heavy atom. The highest BCUT2D eigenvalue weighted by Gasteiger charge is 2.26. The zero-order chi connectivity index (χ0) is 21.2. The summed E-state index contributed by atoms with van der Waals surface area (Å²) in [4.78, 5) is 36.4. The molecule has 0 spiro atoms. The molecule has 0 saturated carbocycles. The number of carbonyl (C=O) groups is 3. The molecular weight excluding hydrogens is 366 g/mol. The van der Waals surface area contributed by atoms with Crippen LogP contribution in [0.15, 0.2) is 30.3 Å². The van der Waals surface area contributed by atoms with Gasteiger partial charge in [0.1, 0.15) is 18.2 Å². The van der Waals surface area contributed by atoms with Crippen molar-refractivity contribution in [3.63, 3.8) is 0 Å². The molecule has 3 amide bonds. The molecule has 0 aromatic heterocycles. The highest BCUT2D eigenvalue weighted by atomic mass is 16.6. The van der Waals surface area contributed by atoms with Crippen molar-refractivity contribution in [3.8, 4) is 0 Å². The van der Waals surface area contributed by atoms with E-state index in [1.54, 1.807) is 20.8 Å². The molecular formula is C19H29N3O6. The Bertz CT molecular complexity index is 645. The lowest BCUT2D eigenvalue weighted by Gasteiger charge is -2.25. The molecule has 3 N–H and O–H groups in total. The Hall–Kier alpha value is -2.81. The number of nitrogens with one attached hydrogen (secondary N) is 2. The third kappa shape index (κ3) is 9.22. The molecule has 0 unspecified atom stereocenters. The minimum absolute atomic E-state index is 0.0595. The summed E-state index contributed by atoms with van der Waals surface area (Å²) < 4.78 is 10.3. The highest BCUT2D eigenvalue weighted by molar-refractivity contribution is 5.86. The monoisotopic (exact) mass is 395 g/mol. The lowest BCUT2D eigenvalue weighted by atomic mass is 10.1. The van der Waals surface area contributed by atoms with E-state index in [1.807, 2.05) is 30.3 Å². The molecule has 0 saturated heterocycles. The maximum Gasteiger partial charge on any atom is 0.428 e. The van der Waals surface area contributed by atoms with Crippen molar-refractivity contribution >= 4 is 18.1 Å². The highest BCUT2D eigenvalue weighted by Crippen LogP contribution is 2.08. The lowest BCUT2D eigenvalue weighted by molar-refractivity contribution is -0.127. The average molecular weight is 395 g/mol. The Balaban J connectivity index is 2.59. The average Bonchev–Trinajstić information content (AvgIpc) is 2.62. The Kier molecular flexibility index (Phi) is 9.23. The molecule has 0 fully saturated rings. The van der Waals surface area contributed by atoms with E-state index in [9.17, 15) is 14.4 Å². The number of hydrogen-bond acceptors (Lipinski definition) is 6. The summed E-state index contributed by atoms with van der Waals surface area (Å²) in [5.41, 5.74) is 2.45. The molecule has 0 radical (unpaired) electrons. The first-order valence-electron chi connectivity index (χ1n) is 8.97. The molecule has 0 aliphatic carbocycles. The first-order chi connectivity index (χ1) is 13.1. The molecule has 1 rings (SSSR count). The second-order valence-electron chi connectivity index (χ2n) is 7.14. The van der Waals surface area contributed by atoms with Crippen LogP contribution in [-0.4, -0.2) is 53.5 Å². The summed E-state index contributed by atoms with van der Waals surface area (Å²) in [6.45, 7) is 5.02. The summed E-state index contributed by atoms with van der Waals surface area (Å²) in [5.74, 6) is -0.626. The summed E-state index contributed by atoms with van der Waals surface area (Å²) >= 11 is 0. The first kappa shape index (κ1) is 23.2. The predicted octanol–water partition coefficient (Wildman–Crippen LogP) is 1.95. The van der Waals surface area contributed by atoms with Crippen LogP contribution in [-0.2, 0) is 20.9 Å². The van der Waals surface area contributed by atoms with Gasteiger partial charge < -0.3 is 19.9 Å². The van der Waals surface area contributed by atoms with E-state index in [0.717, 1.165) is 10.6 Å². The lowest BCUT2D eigenvalue weighted by Crippen LogP contribution is -2.53. The standard InChI is InChI=1S/C19H29N3O6/c1-19(2,3)28-17(25)20-15(11-8-12-23)16(24)21-22(4)18(26)27-13-14-9-6-5-7-10-14/h5-7,9-10,15,23H,8,11-13H2,1-4H3,(H,20,25)(H,21,24)/t15-/m0/s1. The van der Waals surface area contributed by atoms with E-state index in [1.165, 1.54) is 7.05 Å². The van der Waals surface area contributed by atoms with Gasteiger partial charge in [-0.3, -0.25) is 10.2 Å². The van der Waals surface area contributed by atoms with Crippen molar-refractivity contribution < 1.29 is 29.0 Å². The number of hydrogen-bond donors (Lipinski definition) is 3. The maximum atomic E-state index is 12.4. The fraction of sp³-hybridized carbons (Fsp3) is 0.526. The molecule has 0 aliphatic heterocycles. The fourth-order valence-corrected chi connectivity index (χ4v) is 2.12. The van der Waals surface area contributed by atoms with Crippen LogP contribution < -0.4 is 10.7 Å². The number of rotatable bonds is 7. The molecule has 0 aliphatic rings. The molecule has 0 heterocycles. The van der Waals surface area contributed by atoms with Crippen LogP contribution in [0.4, 0.5) is 9.59 Å². The normalized spacial score (nSPS) is 11.9. The number of ether oxygens (including phenoxy) is 2. The Morgan fingerprint density at radius 2 is 1.82 bits per heavy atom. The fourth-order valence-electron chi connectivity index (χ4n) is 2.12. The molecule has 9 nitrogen and oxygen atoms in total. The zero-order valence-corrected chi connectivity index (χ0v) is 16.7. The molecule has 1 aromatic rings. The summed E-state index contributed by atoms with van der Waals surface area (Å²) in [6, 6.07) is 8.13. The van der Waals surface area contributed by atoms with E-state index in [0.29, 0.717) is 0 Å². The van der Waals surface area contributed by atoms with Crippen molar-refractivity contribution in [2.45, 2.75) is 51.9 Å². The van der Waals surface area contributed by atoms with Crippen molar-refractivity contribution in [3.05, 3.63) is 35.9 Å². The topological polar surface area (TPSA) is 117 Å². The summed E-state index contributed by atoms with van der Waals surface area (Å²) in [6.07, 6.45) is -1.06. The maximum absolute atomic E-state index is 12.4. The molecule has 9 heteroatoms. The van der Waals surface area contributed by atoms with Gasteiger partial charge in [0, 0.05) is 13.7 Å². The number of nitrogens with zero attached hydrogens (tertiary/aromatic N) is 1. The zero-order valence-electron chi connectivity index (χ0n) is 16.7. The van der Waals surface area contributed by atoms with Crippen molar-refractivity contribution in [1.82, 2.24) is 15.8 Å². The van der Waals surface area contributed by atoms with Gasteiger partial charge in [0.2, 0.25) is 0 Å². The van der Waals surface area contributed by atoms with Crippen LogP contribution in [0.3, 0.4) is 0 Å². The smallest absolute Gasteiger partial charge is 0.428 e. The van der Waals surface area contributed by atoms with Crippen LogP contribution >= 0.6 is 0 Å². The third-order valence-electron chi connectivity index (χ3n) is 3.42. The number of amides is 3. The van der Waals surface area contributed by atoms with Crippen LogP contribution in [0.25, 0.3) is 0 Å². The van der Waals surface area contributed by atoms with Crippen LogP contribution in [0, 0.1) is 0 Å². The third-order valence-corrected chi connectivity index (χ3v) is 3.42. The van der Waals surface area contributed by atoms with E-state index in [-0.39, 0.29) is 26.1 Å². The second kappa shape index (κ2) is 11.1. The van der Waals surface area contributed by atoms with Crippen LogP contribution in [0.2, 0.25) is 0 Å². The van der Waals surface area contributed by atoms with E-state index >= 15 is 0 Å². The van der Waals surface area contributed by atoms with Crippen molar-refractivity contribution in [2.24, 2.45) is 0 Å². The molecule has 28 heavy (non-hydrogen) atoms. The van der Waals surface area contributed by atoms with E-state index in [4.69, 9.17) is 14.6 Å². The van der Waals surface area contributed by atoms with Gasteiger partial charge in [-0.25, -0.2) is 14.6 Å². The Morgan fingerprint density at radius 3 is 2.39 bits per heavy atom. The van der Waals surface area contributed by atoms with Gasteiger partial charge in [-0.1, -0.05) is 30.3 Å². The largest absolute Gasteiger partial charge is 0.444 e. The van der Waals surface area contributed by atoms with E-state index in [2.05, 4.69) is 10.7 Å². The van der Waals surface area contributed by atoms with Gasteiger partial charge in [-0.2, -0.15) is 0 Å². The second-order valence-corrected chi connectivity index (χ2v) is 7.14. The van der Waals surface area contributed by atoms with Gasteiger partial charge in [0.05, 0.1) is 0 Å². The van der Waals surface area contributed by atoms with Gasteiger partial charge in [-0.05, 0) is 39.2 Å². The van der Waals surface area contributed by atoms with E-state index < -0.39 is 29.7 Å². The summed E-state index contributed by atoms with van der Waals surface area (Å²) in [7, 11) is 1.34. The van der Waals surface area contributed by atoms with Crippen LogP contribution in [0.5, 0.6) is 0 Å². The van der Waals surface area contributed by atoms with Gasteiger partial charge in [0.15, 0.2) is 0 Å².